The maximum Gasteiger partial charge on any atom is 0.127 e. The normalized spacial score (nSPS) is 17.8. The Labute approximate surface area is 117 Å². The number of rotatable bonds is 4. The molecule has 0 saturated heterocycles. The molecule has 1 heterocycles. The Morgan fingerprint density at radius 3 is 3.15 bits per heavy atom. The molecule has 0 amide bonds. The largest absolute Gasteiger partial charge is 0.497 e. The molecule has 1 aromatic carbocycles. The number of fused-ring (bicyclic) bond motifs is 1. The van der Waals surface area contributed by atoms with E-state index in [-0.39, 0.29) is 11.9 Å². The lowest BCUT2D eigenvalue weighted by molar-refractivity contribution is 0.404. The second kappa shape index (κ2) is 5.67. The topological polar surface area (TPSA) is 34.4 Å². The molecule has 1 atom stereocenters. The number of aryl methyl sites for hydroxylation is 1. The molecule has 1 aliphatic rings. The number of benzene rings is 1. The molecule has 1 aliphatic carbocycles. The number of ether oxygens (including phenoxy) is 1. The van der Waals surface area contributed by atoms with Gasteiger partial charge in [-0.25, -0.2) is 4.39 Å². The predicted molar refractivity (Wildman–Crippen MR) is 74.2 cm³/mol. The molecule has 3 nitrogen and oxygen atoms in total. The summed E-state index contributed by atoms with van der Waals surface area (Å²) in [6.45, 7) is 0.614. The Hall–Kier alpha value is -1.81. The van der Waals surface area contributed by atoms with Crippen LogP contribution in [0.15, 0.2) is 34.9 Å². The Bertz CT molecular complexity index is 594. The first-order chi connectivity index (χ1) is 9.76. The number of methoxy groups -OCH3 is 1. The molecule has 20 heavy (non-hydrogen) atoms. The molecule has 106 valence electrons. The molecule has 0 spiro atoms. The monoisotopic (exact) mass is 275 g/mol. The molecule has 0 aliphatic heterocycles. The van der Waals surface area contributed by atoms with Crippen LogP contribution in [0.25, 0.3) is 0 Å². The summed E-state index contributed by atoms with van der Waals surface area (Å²) in [6, 6.07) is 7.09. The molecule has 0 radical (unpaired) electrons. The second-order valence-corrected chi connectivity index (χ2v) is 5.12. The summed E-state index contributed by atoms with van der Waals surface area (Å²) in [6.07, 6.45) is 4.95. The van der Waals surface area contributed by atoms with Crippen molar-refractivity contribution in [2.45, 2.75) is 31.8 Å². The van der Waals surface area contributed by atoms with E-state index in [9.17, 15) is 4.39 Å². The van der Waals surface area contributed by atoms with Crippen molar-refractivity contribution in [3.05, 3.63) is 53.2 Å². The van der Waals surface area contributed by atoms with Crippen molar-refractivity contribution in [2.75, 3.05) is 7.11 Å². The molecule has 1 N–H and O–H groups in total. The van der Waals surface area contributed by atoms with Crippen LogP contribution in [-0.4, -0.2) is 7.11 Å². The smallest absolute Gasteiger partial charge is 0.127 e. The summed E-state index contributed by atoms with van der Waals surface area (Å²) in [5.74, 6) is 1.36. The zero-order valence-electron chi connectivity index (χ0n) is 11.5. The quantitative estimate of drug-likeness (QED) is 0.926. The summed E-state index contributed by atoms with van der Waals surface area (Å²) in [7, 11) is 1.55. The van der Waals surface area contributed by atoms with Gasteiger partial charge in [0, 0.05) is 30.6 Å². The number of hydrogen-bond donors (Lipinski definition) is 1. The average Bonchev–Trinajstić information content (AvgIpc) is 2.93. The lowest BCUT2D eigenvalue weighted by atomic mass is 9.93. The van der Waals surface area contributed by atoms with E-state index >= 15 is 0 Å². The fourth-order valence-corrected chi connectivity index (χ4v) is 2.78. The summed E-state index contributed by atoms with van der Waals surface area (Å²) in [5.41, 5.74) is 2.12. The van der Waals surface area contributed by atoms with Gasteiger partial charge in [0.05, 0.1) is 13.4 Å². The molecule has 4 heteroatoms. The van der Waals surface area contributed by atoms with Gasteiger partial charge in [-0.05, 0) is 36.6 Å². The van der Waals surface area contributed by atoms with E-state index in [1.165, 1.54) is 17.7 Å². The second-order valence-electron chi connectivity index (χ2n) is 5.12. The molecule has 1 aromatic heterocycles. The lowest BCUT2D eigenvalue weighted by Gasteiger charge is -2.23. The summed E-state index contributed by atoms with van der Waals surface area (Å²) in [4.78, 5) is 0. The zero-order valence-corrected chi connectivity index (χ0v) is 11.5. The zero-order chi connectivity index (χ0) is 13.9. The lowest BCUT2D eigenvalue weighted by Crippen LogP contribution is -2.24. The molecule has 3 rings (SSSR count). The summed E-state index contributed by atoms with van der Waals surface area (Å²) < 4.78 is 24.0. The van der Waals surface area contributed by atoms with E-state index in [1.54, 1.807) is 13.4 Å². The Morgan fingerprint density at radius 2 is 2.30 bits per heavy atom. The third-order valence-electron chi connectivity index (χ3n) is 3.77. The van der Waals surface area contributed by atoms with Gasteiger partial charge in [-0.15, -0.1) is 0 Å². The molecule has 0 saturated carbocycles. The van der Waals surface area contributed by atoms with E-state index in [0.717, 1.165) is 30.6 Å². The Balaban J connectivity index is 1.70. The Kier molecular flexibility index (Phi) is 3.74. The fourth-order valence-electron chi connectivity index (χ4n) is 2.78. The van der Waals surface area contributed by atoms with Crippen molar-refractivity contribution < 1.29 is 13.5 Å². The van der Waals surface area contributed by atoms with Gasteiger partial charge >= 0.3 is 0 Å². The van der Waals surface area contributed by atoms with Crippen molar-refractivity contribution in [1.82, 2.24) is 5.32 Å². The van der Waals surface area contributed by atoms with Gasteiger partial charge in [-0.3, -0.25) is 0 Å². The minimum absolute atomic E-state index is 0.270. The van der Waals surface area contributed by atoms with Crippen LogP contribution in [0.4, 0.5) is 4.39 Å². The van der Waals surface area contributed by atoms with Gasteiger partial charge in [0.25, 0.3) is 0 Å². The molecule has 0 bridgehead atoms. The van der Waals surface area contributed by atoms with Gasteiger partial charge in [-0.1, -0.05) is 0 Å². The molecule has 0 fully saturated rings. The van der Waals surface area contributed by atoms with Gasteiger partial charge in [-0.2, -0.15) is 0 Å². The van der Waals surface area contributed by atoms with Crippen LogP contribution in [0, 0.1) is 5.82 Å². The fraction of sp³-hybridized carbons (Fsp3) is 0.375. The van der Waals surface area contributed by atoms with Crippen molar-refractivity contribution in [1.29, 1.82) is 0 Å². The van der Waals surface area contributed by atoms with Crippen molar-refractivity contribution in [3.63, 3.8) is 0 Å². The molecule has 2 aromatic rings. The highest BCUT2D eigenvalue weighted by atomic mass is 19.1. The minimum Gasteiger partial charge on any atom is -0.497 e. The van der Waals surface area contributed by atoms with Crippen LogP contribution in [0.3, 0.4) is 0 Å². The van der Waals surface area contributed by atoms with Crippen LogP contribution in [0.2, 0.25) is 0 Å². The molecule has 1 unspecified atom stereocenters. The van der Waals surface area contributed by atoms with Crippen molar-refractivity contribution >= 4 is 0 Å². The summed E-state index contributed by atoms with van der Waals surface area (Å²) >= 11 is 0. The van der Waals surface area contributed by atoms with Gasteiger partial charge in [0.2, 0.25) is 0 Å². The highest BCUT2D eigenvalue weighted by Crippen LogP contribution is 2.30. The third-order valence-corrected chi connectivity index (χ3v) is 3.77. The van der Waals surface area contributed by atoms with Crippen LogP contribution >= 0.6 is 0 Å². The molecular formula is C16H18FNO2. The van der Waals surface area contributed by atoms with E-state index in [0.29, 0.717) is 12.3 Å². The summed E-state index contributed by atoms with van der Waals surface area (Å²) in [5, 5.41) is 3.48. The highest BCUT2D eigenvalue weighted by Gasteiger charge is 2.21. The highest BCUT2D eigenvalue weighted by molar-refractivity contribution is 5.30. The number of furan rings is 1. The maximum atomic E-state index is 13.4. The number of nitrogens with one attached hydrogen (secondary N) is 1. The van der Waals surface area contributed by atoms with Gasteiger partial charge in [0.1, 0.15) is 17.3 Å². The number of hydrogen-bond acceptors (Lipinski definition) is 3. The maximum absolute atomic E-state index is 13.4. The average molecular weight is 275 g/mol. The van der Waals surface area contributed by atoms with Crippen LogP contribution in [0.1, 0.15) is 35.8 Å². The first kappa shape index (κ1) is 13.2. The van der Waals surface area contributed by atoms with E-state index in [4.69, 9.17) is 9.15 Å². The van der Waals surface area contributed by atoms with Crippen LogP contribution in [-0.2, 0) is 13.0 Å². The molecular weight excluding hydrogens is 257 g/mol. The predicted octanol–water partition coefficient (Wildman–Crippen LogP) is 3.59. The first-order valence-electron chi connectivity index (χ1n) is 6.89. The van der Waals surface area contributed by atoms with Crippen LogP contribution < -0.4 is 10.1 Å². The van der Waals surface area contributed by atoms with Gasteiger partial charge in [0.15, 0.2) is 0 Å². The van der Waals surface area contributed by atoms with E-state index in [2.05, 4.69) is 5.32 Å². The van der Waals surface area contributed by atoms with Crippen molar-refractivity contribution in [3.8, 4) is 5.75 Å². The Morgan fingerprint density at radius 1 is 1.40 bits per heavy atom. The van der Waals surface area contributed by atoms with E-state index < -0.39 is 0 Å². The SMILES string of the molecule is COc1cc(F)cc(CNC2CCCc3occc32)c1. The van der Waals surface area contributed by atoms with Gasteiger partial charge < -0.3 is 14.5 Å². The minimum atomic E-state index is -0.270. The standard InChI is InChI=1S/C16H18FNO2/c1-19-13-8-11(7-12(17)9-13)10-18-15-3-2-4-16-14(15)5-6-20-16/h5-9,15,18H,2-4,10H2,1H3. The van der Waals surface area contributed by atoms with Crippen LogP contribution in [0.5, 0.6) is 5.75 Å². The first-order valence-corrected chi connectivity index (χ1v) is 6.89. The third kappa shape index (κ3) is 2.70. The van der Waals surface area contributed by atoms with Crippen molar-refractivity contribution in [2.24, 2.45) is 0 Å². The number of halogens is 1. The van der Waals surface area contributed by atoms with E-state index in [1.807, 2.05) is 12.1 Å².